The number of nitrogens with zero attached hydrogens (tertiary/aromatic N) is 1. The number of halogens is 1. The molecule has 0 saturated heterocycles. The molecule has 0 bridgehead atoms. The second kappa shape index (κ2) is 7.07. The maximum Gasteiger partial charge on any atom is 0.245 e. The summed E-state index contributed by atoms with van der Waals surface area (Å²) in [7, 11) is 1.49. The molecule has 2 rings (SSSR count). The van der Waals surface area contributed by atoms with Gasteiger partial charge in [0.05, 0.1) is 0 Å². The summed E-state index contributed by atoms with van der Waals surface area (Å²) in [5.41, 5.74) is 1.94. The van der Waals surface area contributed by atoms with Crippen molar-refractivity contribution in [3.05, 3.63) is 41.2 Å². The zero-order valence-corrected chi connectivity index (χ0v) is 11.9. The summed E-state index contributed by atoms with van der Waals surface area (Å²) in [5.74, 6) is 0.671. The van der Waals surface area contributed by atoms with Gasteiger partial charge in [0, 0.05) is 42.6 Å². The number of rotatable bonds is 6. The van der Waals surface area contributed by atoms with Gasteiger partial charge in [0.15, 0.2) is 0 Å². The molecule has 0 unspecified atom stereocenters. The quantitative estimate of drug-likeness (QED) is 0.856. The number of imidazole rings is 1. The predicted molar refractivity (Wildman–Crippen MR) is 77.6 cm³/mol. The third kappa shape index (κ3) is 4.08. The van der Waals surface area contributed by atoms with Crippen LogP contribution in [-0.2, 0) is 16.0 Å². The van der Waals surface area contributed by atoms with Gasteiger partial charge < -0.3 is 15.0 Å². The Morgan fingerprint density at radius 3 is 2.85 bits per heavy atom. The van der Waals surface area contributed by atoms with E-state index in [9.17, 15) is 4.79 Å². The van der Waals surface area contributed by atoms with Crippen molar-refractivity contribution in [1.82, 2.24) is 15.3 Å². The number of benzene rings is 1. The summed E-state index contributed by atoms with van der Waals surface area (Å²) in [4.78, 5) is 18.7. The molecule has 0 aliphatic rings. The number of methoxy groups -OCH3 is 1. The van der Waals surface area contributed by atoms with E-state index < -0.39 is 0 Å². The van der Waals surface area contributed by atoms with E-state index in [4.69, 9.17) is 16.3 Å². The number of hydrogen-bond acceptors (Lipinski definition) is 3. The van der Waals surface area contributed by atoms with Crippen molar-refractivity contribution in [2.75, 3.05) is 20.3 Å². The summed E-state index contributed by atoms with van der Waals surface area (Å²) in [6, 6.07) is 7.46. The molecule has 0 spiro atoms. The molecule has 1 amide bonds. The lowest BCUT2D eigenvalue weighted by atomic mass is 10.2. The van der Waals surface area contributed by atoms with Crippen LogP contribution in [0.5, 0.6) is 0 Å². The fourth-order valence-corrected chi connectivity index (χ4v) is 1.89. The van der Waals surface area contributed by atoms with Crippen LogP contribution in [0.3, 0.4) is 0 Å². The van der Waals surface area contributed by atoms with E-state index in [1.54, 1.807) is 6.20 Å². The molecule has 5 nitrogen and oxygen atoms in total. The second-order valence-corrected chi connectivity index (χ2v) is 4.73. The van der Waals surface area contributed by atoms with Crippen LogP contribution in [-0.4, -0.2) is 36.1 Å². The van der Waals surface area contributed by atoms with Gasteiger partial charge in [0.25, 0.3) is 0 Å². The van der Waals surface area contributed by atoms with Gasteiger partial charge in [-0.05, 0) is 24.3 Å². The van der Waals surface area contributed by atoms with Crippen molar-refractivity contribution in [1.29, 1.82) is 0 Å². The lowest BCUT2D eigenvalue weighted by Crippen LogP contribution is -2.29. The molecule has 20 heavy (non-hydrogen) atoms. The molecule has 1 heterocycles. The molecule has 0 aliphatic heterocycles. The van der Waals surface area contributed by atoms with Crippen LogP contribution in [0.15, 0.2) is 30.5 Å². The number of hydrogen-bond donors (Lipinski definition) is 2. The molecular weight excluding hydrogens is 278 g/mol. The standard InChI is InChI=1S/C14H16ClN3O2/c1-20-9-13(19)16-7-6-12-8-17-14(18-12)10-2-4-11(15)5-3-10/h2-5,8H,6-7,9H2,1H3,(H,16,19)(H,17,18). The van der Waals surface area contributed by atoms with Crippen LogP contribution in [0.4, 0.5) is 0 Å². The summed E-state index contributed by atoms with van der Waals surface area (Å²) >= 11 is 5.85. The van der Waals surface area contributed by atoms with Gasteiger partial charge in [-0.3, -0.25) is 4.79 Å². The molecule has 0 fully saturated rings. The monoisotopic (exact) mass is 293 g/mol. The SMILES string of the molecule is COCC(=O)NCCc1cnc(-c2ccc(Cl)cc2)[nH]1. The Labute approximate surface area is 122 Å². The van der Waals surface area contributed by atoms with E-state index in [1.165, 1.54) is 7.11 Å². The van der Waals surface area contributed by atoms with Crippen molar-refractivity contribution in [2.24, 2.45) is 0 Å². The third-order valence-corrected chi connectivity index (χ3v) is 2.99. The predicted octanol–water partition coefficient (Wildman–Crippen LogP) is 2.04. The number of H-pyrrole nitrogens is 1. The van der Waals surface area contributed by atoms with Crippen molar-refractivity contribution >= 4 is 17.5 Å². The smallest absolute Gasteiger partial charge is 0.245 e. The molecule has 2 aromatic rings. The number of aromatic nitrogens is 2. The lowest BCUT2D eigenvalue weighted by Gasteiger charge is -2.02. The first kappa shape index (κ1) is 14.6. The second-order valence-electron chi connectivity index (χ2n) is 4.30. The summed E-state index contributed by atoms with van der Waals surface area (Å²) in [5, 5.41) is 3.46. The number of carbonyl (C=O) groups excluding carboxylic acids is 1. The minimum absolute atomic E-state index is 0.0823. The van der Waals surface area contributed by atoms with Crippen LogP contribution < -0.4 is 5.32 Å². The summed E-state index contributed by atoms with van der Waals surface area (Å²) in [6.45, 7) is 0.628. The van der Waals surface area contributed by atoms with E-state index in [-0.39, 0.29) is 12.5 Å². The number of ether oxygens (including phenoxy) is 1. The van der Waals surface area contributed by atoms with Gasteiger partial charge in [-0.1, -0.05) is 11.6 Å². The largest absolute Gasteiger partial charge is 0.375 e. The average molecular weight is 294 g/mol. The van der Waals surface area contributed by atoms with E-state index in [0.29, 0.717) is 18.0 Å². The molecule has 0 saturated carbocycles. The Kier molecular flexibility index (Phi) is 5.15. The van der Waals surface area contributed by atoms with Crippen molar-refractivity contribution in [3.8, 4) is 11.4 Å². The normalized spacial score (nSPS) is 10.5. The van der Waals surface area contributed by atoms with Crippen molar-refractivity contribution < 1.29 is 9.53 Å². The highest BCUT2D eigenvalue weighted by atomic mass is 35.5. The molecule has 0 aliphatic carbocycles. The van der Waals surface area contributed by atoms with Gasteiger partial charge in [-0.25, -0.2) is 4.98 Å². The summed E-state index contributed by atoms with van der Waals surface area (Å²) < 4.78 is 4.73. The Morgan fingerprint density at radius 1 is 1.40 bits per heavy atom. The van der Waals surface area contributed by atoms with Gasteiger partial charge in [0.2, 0.25) is 5.91 Å². The third-order valence-electron chi connectivity index (χ3n) is 2.74. The van der Waals surface area contributed by atoms with Gasteiger partial charge in [-0.2, -0.15) is 0 Å². The number of aromatic amines is 1. The number of nitrogens with one attached hydrogen (secondary N) is 2. The highest BCUT2D eigenvalue weighted by Crippen LogP contribution is 2.18. The van der Waals surface area contributed by atoms with E-state index in [1.807, 2.05) is 24.3 Å². The molecule has 1 aromatic carbocycles. The number of carbonyl (C=O) groups is 1. The molecule has 0 atom stereocenters. The van der Waals surface area contributed by atoms with Crippen LogP contribution in [0, 0.1) is 0 Å². The summed E-state index contributed by atoms with van der Waals surface area (Å²) in [6.07, 6.45) is 2.46. The fourth-order valence-electron chi connectivity index (χ4n) is 1.76. The van der Waals surface area contributed by atoms with Gasteiger partial charge >= 0.3 is 0 Å². The molecular formula is C14H16ClN3O2. The molecule has 2 N–H and O–H groups in total. The van der Waals surface area contributed by atoms with Crippen molar-refractivity contribution in [3.63, 3.8) is 0 Å². The Balaban J connectivity index is 1.89. The van der Waals surface area contributed by atoms with Crippen molar-refractivity contribution in [2.45, 2.75) is 6.42 Å². The molecule has 6 heteroatoms. The number of amides is 1. The first-order valence-corrected chi connectivity index (χ1v) is 6.62. The van der Waals surface area contributed by atoms with Crippen LogP contribution >= 0.6 is 11.6 Å². The Morgan fingerprint density at radius 2 is 2.15 bits per heavy atom. The van der Waals surface area contributed by atoms with E-state index >= 15 is 0 Å². The topological polar surface area (TPSA) is 67.0 Å². The van der Waals surface area contributed by atoms with Crippen LogP contribution in [0.1, 0.15) is 5.69 Å². The fraction of sp³-hybridized carbons (Fsp3) is 0.286. The zero-order valence-electron chi connectivity index (χ0n) is 11.1. The highest BCUT2D eigenvalue weighted by molar-refractivity contribution is 6.30. The first-order valence-electron chi connectivity index (χ1n) is 6.24. The van der Waals surface area contributed by atoms with Crippen LogP contribution in [0.2, 0.25) is 5.02 Å². The minimum atomic E-state index is -0.120. The maximum absolute atomic E-state index is 11.2. The van der Waals surface area contributed by atoms with Gasteiger partial charge in [-0.15, -0.1) is 0 Å². The molecule has 0 radical (unpaired) electrons. The van der Waals surface area contributed by atoms with E-state index in [2.05, 4.69) is 15.3 Å². The molecule has 1 aromatic heterocycles. The Hall–Kier alpha value is -1.85. The molecule has 106 valence electrons. The zero-order chi connectivity index (χ0) is 14.4. The Bertz CT molecular complexity index is 566. The lowest BCUT2D eigenvalue weighted by molar-refractivity contribution is -0.124. The average Bonchev–Trinajstić information content (AvgIpc) is 2.89. The first-order chi connectivity index (χ1) is 9.69. The van der Waals surface area contributed by atoms with Gasteiger partial charge in [0.1, 0.15) is 12.4 Å². The maximum atomic E-state index is 11.2. The highest BCUT2D eigenvalue weighted by Gasteiger charge is 2.04. The van der Waals surface area contributed by atoms with E-state index in [0.717, 1.165) is 17.1 Å². The minimum Gasteiger partial charge on any atom is -0.375 e. The van der Waals surface area contributed by atoms with Crippen LogP contribution in [0.25, 0.3) is 11.4 Å².